The summed E-state index contributed by atoms with van der Waals surface area (Å²) in [6.45, 7) is 1.26. The zero-order valence-corrected chi connectivity index (χ0v) is 13.9. The van der Waals surface area contributed by atoms with Gasteiger partial charge in [-0.2, -0.15) is 0 Å². The van der Waals surface area contributed by atoms with Crippen LogP contribution >= 0.6 is 0 Å². The van der Waals surface area contributed by atoms with Gasteiger partial charge in [-0.25, -0.2) is 0 Å². The molecule has 1 atom stereocenters. The summed E-state index contributed by atoms with van der Waals surface area (Å²) in [6, 6.07) is 14.8. The number of amides is 1. The molecule has 2 aromatic carbocycles. The molecule has 0 saturated carbocycles. The number of carbonyl (C=O) groups excluding carboxylic acids is 2. The first-order valence-corrected chi connectivity index (χ1v) is 7.59. The molecule has 0 fully saturated rings. The molecule has 130 valence electrons. The molecule has 0 aliphatic heterocycles. The van der Waals surface area contributed by atoms with Gasteiger partial charge in [-0.15, -0.1) is 0 Å². The van der Waals surface area contributed by atoms with E-state index in [0.29, 0.717) is 11.1 Å². The summed E-state index contributed by atoms with van der Waals surface area (Å²) in [7, 11) is 1.51. The van der Waals surface area contributed by atoms with Gasteiger partial charge in [0.25, 0.3) is 11.6 Å². The molecule has 0 spiro atoms. The number of benzene rings is 2. The maximum absolute atomic E-state index is 12.7. The molecule has 0 bridgehead atoms. The molecule has 7 nitrogen and oxygen atoms in total. The minimum atomic E-state index is -1.09. The first-order valence-electron chi connectivity index (χ1n) is 7.59. The Bertz CT molecular complexity index is 776. The van der Waals surface area contributed by atoms with Gasteiger partial charge in [-0.1, -0.05) is 48.5 Å². The number of para-hydroxylation sites is 1. The topological polar surface area (TPSA) is 89.8 Å². The maximum Gasteiger partial charge on any atom is 0.303 e. The monoisotopic (exact) mass is 342 g/mol. The zero-order chi connectivity index (χ0) is 18.4. The third kappa shape index (κ3) is 4.63. The first-order chi connectivity index (χ1) is 11.9. The fraction of sp³-hybridized carbons (Fsp3) is 0.222. The Morgan fingerprint density at radius 1 is 1.12 bits per heavy atom. The van der Waals surface area contributed by atoms with Gasteiger partial charge in [0.2, 0.25) is 6.10 Å². The van der Waals surface area contributed by atoms with Gasteiger partial charge >= 0.3 is 5.97 Å². The molecular weight excluding hydrogens is 324 g/mol. The Hall–Kier alpha value is -3.22. The van der Waals surface area contributed by atoms with Crippen LogP contribution in [-0.4, -0.2) is 28.7 Å². The Balaban J connectivity index is 2.24. The molecule has 0 aliphatic carbocycles. The van der Waals surface area contributed by atoms with Crippen molar-refractivity contribution in [2.75, 3.05) is 7.05 Å². The summed E-state index contributed by atoms with van der Waals surface area (Å²) in [5.74, 6) is -1.04. The van der Waals surface area contributed by atoms with E-state index in [-0.39, 0.29) is 12.2 Å². The molecule has 0 N–H and O–H groups in total. The molecular formula is C18H18N2O5. The van der Waals surface area contributed by atoms with E-state index < -0.39 is 22.9 Å². The summed E-state index contributed by atoms with van der Waals surface area (Å²) in [4.78, 5) is 36.0. The van der Waals surface area contributed by atoms with Gasteiger partial charge < -0.3 is 9.64 Å². The van der Waals surface area contributed by atoms with Gasteiger partial charge in [0.1, 0.15) is 0 Å². The maximum atomic E-state index is 12.7. The van der Waals surface area contributed by atoms with Crippen LogP contribution in [0.4, 0.5) is 5.69 Å². The smallest absolute Gasteiger partial charge is 0.303 e. The Labute approximate surface area is 145 Å². The van der Waals surface area contributed by atoms with Crippen LogP contribution in [-0.2, 0) is 20.9 Å². The summed E-state index contributed by atoms with van der Waals surface area (Å²) in [5.41, 5.74) is 0.876. The lowest BCUT2D eigenvalue weighted by molar-refractivity contribution is -0.385. The lowest BCUT2D eigenvalue weighted by Gasteiger charge is -2.23. The number of nitro groups is 1. The fourth-order valence-corrected chi connectivity index (χ4v) is 2.41. The molecule has 0 heterocycles. The van der Waals surface area contributed by atoms with Crippen LogP contribution in [0, 0.1) is 10.1 Å². The molecule has 0 aliphatic rings. The van der Waals surface area contributed by atoms with Crippen LogP contribution < -0.4 is 0 Å². The van der Waals surface area contributed by atoms with E-state index in [2.05, 4.69) is 0 Å². The molecule has 2 aromatic rings. The number of carbonyl (C=O) groups is 2. The minimum Gasteiger partial charge on any atom is -0.447 e. The third-order valence-corrected chi connectivity index (χ3v) is 3.58. The van der Waals surface area contributed by atoms with E-state index in [4.69, 9.17) is 4.74 Å². The van der Waals surface area contributed by atoms with Gasteiger partial charge in [0.05, 0.1) is 11.5 Å². The Morgan fingerprint density at radius 2 is 1.72 bits per heavy atom. The highest BCUT2D eigenvalue weighted by molar-refractivity contribution is 5.84. The van der Waals surface area contributed by atoms with Crippen molar-refractivity contribution in [2.24, 2.45) is 0 Å². The SMILES string of the molecule is CC(=O)O[C@H](C(=O)N(C)Cc1ccccc1[N+](=O)[O-])c1ccccc1. The van der Waals surface area contributed by atoms with Crippen LogP contribution in [0.1, 0.15) is 24.2 Å². The molecule has 2 rings (SSSR count). The van der Waals surface area contributed by atoms with Crippen LogP contribution in [0.3, 0.4) is 0 Å². The summed E-state index contributed by atoms with van der Waals surface area (Å²) in [5, 5.41) is 11.1. The minimum absolute atomic E-state index is 0.0284. The predicted octanol–water partition coefficient (Wildman–Crippen LogP) is 2.86. The summed E-state index contributed by atoms with van der Waals surface area (Å²) >= 11 is 0. The van der Waals surface area contributed by atoms with Gasteiger partial charge in [-0.05, 0) is 0 Å². The van der Waals surface area contributed by atoms with Gasteiger partial charge in [0, 0.05) is 31.2 Å². The molecule has 0 saturated heterocycles. The lowest BCUT2D eigenvalue weighted by Crippen LogP contribution is -2.33. The number of likely N-dealkylation sites (N-methyl/N-ethyl adjacent to an activating group) is 1. The lowest BCUT2D eigenvalue weighted by atomic mass is 10.1. The van der Waals surface area contributed by atoms with Crippen LogP contribution in [0.2, 0.25) is 0 Å². The number of nitro benzene ring substituents is 1. The van der Waals surface area contributed by atoms with E-state index in [1.54, 1.807) is 48.5 Å². The average molecular weight is 342 g/mol. The second kappa shape index (κ2) is 8.05. The Morgan fingerprint density at radius 3 is 2.32 bits per heavy atom. The predicted molar refractivity (Wildman–Crippen MR) is 90.5 cm³/mol. The Kier molecular flexibility index (Phi) is 5.84. The van der Waals surface area contributed by atoms with E-state index in [1.165, 1.54) is 24.9 Å². The second-order valence-electron chi connectivity index (χ2n) is 5.48. The molecule has 0 aromatic heterocycles. The highest BCUT2D eigenvalue weighted by atomic mass is 16.6. The highest BCUT2D eigenvalue weighted by Gasteiger charge is 2.28. The molecule has 0 unspecified atom stereocenters. The van der Waals surface area contributed by atoms with Gasteiger partial charge in [0.15, 0.2) is 0 Å². The van der Waals surface area contributed by atoms with Gasteiger partial charge in [-0.3, -0.25) is 19.7 Å². The summed E-state index contributed by atoms with van der Waals surface area (Å²) < 4.78 is 5.17. The number of hydrogen-bond acceptors (Lipinski definition) is 5. The quantitative estimate of drug-likeness (QED) is 0.457. The number of esters is 1. The molecule has 25 heavy (non-hydrogen) atoms. The average Bonchev–Trinajstić information content (AvgIpc) is 2.60. The first kappa shape index (κ1) is 18.1. The van der Waals surface area contributed by atoms with Crippen molar-refractivity contribution in [3.63, 3.8) is 0 Å². The van der Waals surface area contributed by atoms with Crippen molar-refractivity contribution in [2.45, 2.75) is 19.6 Å². The van der Waals surface area contributed by atoms with E-state index in [1.807, 2.05) is 0 Å². The number of hydrogen-bond donors (Lipinski definition) is 0. The van der Waals surface area contributed by atoms with Crippen molar-refractivity contribution >= 4 is 17.6 Å². The fourth-order valence-electron chi connectivity index (χ4n) is 2.41. The second-order valence-corrected chi connectivity index (χ2v) is 5.48. The van der Waals surface area contributed by atoms with Crippen LogP contribution in [0.5, 0.6) is 0 Å². The van der Waals surface area contributed by atoms with Crippen molar-refractivity contribution in [1.82, 2.24) is 4.90 Å². The third-order valence-electron chi connectivity index (χ3n) is 3.58. The summed E-state index contributed by atoms with van der Waals surface area (Å²) in [6.07, 6.45) is -1.09. The van der Waals surface area contributed by atoms with Crippen molar-refractivity contribution in [3.05, 3.63) is 75.8 Å². The van der Waals surface area contributed by atoms with Crippen LogP contribution in [0.25, 0.3) is 0 Å². The molecule has 1 amide bonds. The number of rotatable bonds is 6. The van der Waals surface area contributed by atoms with E-state index in [0.717, 1.165) is 0 Å². The number of nitrogens with zero attached hydrogens (tertiary/aromatic N) is 2. The van der Waals surface area contributed by atoms with Crippen molar-refractivity contribution in [1.29, 1.82) is 0 Å². The standard InChI is InChI=1S/C18H18N2O5/c1-13(21)25-17(14-8-4-3-5-9-14)18(22)19(2)12-15-10-6-7-11-16(15)20(23)24/h3-11,17H,12H2,1-2H3/t17-/m0/s1. The van der Waals surface area contributed by atoms with E-state index >= 15 is 0 Å². The van der Waals surface area contributed by atoms with Crippen molar-refractivity contribution < 1.29 is 19.2 Å². The highest BCUT2D eigenvalue weighted by Crippen LogP contribution is 2.23. The normalized spacial score (nSPS) is 11.4. The molecule has 7 heteroatoms. The van der Waals surface area contributed by atoms with Crippen LogP contribution in [0.15, 0.2) is 54.6 Å². The zero-order valence-electron chi connectivity index (χ0n) is 13.9. The van der Waals surface area contributed by atoms with E-state index in [9.17, 15) is 19.7 Å². The number of ether oxygens (including phenoxy) is 1. The molecule has 0 radical (unpaired) electrons. The largest absolute Gasteiger partial charge is 0.447 e. The van der Waals surface area contributed by atoms with Crippen molar-refractivity contribution in [3.8, 4) is 0 Å².